The van der Waals surface area contributed by atoms with Gasteiger partial charge in [0.15, 0.2) is 0 Å². The summed E-state index contributed by atoms with van der Waals surface area (Å²) in [5.41, 5.74) is -0.216. The molecule has 1 amide bonds. The van der Waals surface area contributed by atoms with Crippen LogP contribution >= 0.6 is 0 Å². The monoisotopic (exact) mass is 438 g/mol. The van der Waals surface area contributed by atoms with Crippen LogP contribution in [0.2, 0.25) is 0 Å². The maximum absolute atomic E-state index is 13.1. The van der Waals surface area contributed by atoms with Gasteiger partial charge in [0.1, 0.15) is 12.4 Å². The van der Waals surface area contributed by atoms with E-state index in [-0.39, 0.29) is 19.0 Å². The van der Waals surface area contributed by atoms with Crippen molar-refractivity contribution in [3.8, 4) is 5.75 Å². The molecule has 0 unspecified atom stereocenters. The maximum atomic E-state index is 13.1. The van der Waals surface area contributed by atoms with Gasteiger partial charge in [-0.2, -0.15) is 0 Å². The number of ether oxygens (including phenoxy) is 1. The molecule has 0 bridgehead atoms. The smallest absolute Gasteiger partial charge is 0.329 e. The number of nitrogens with zero attached hydrogens (tertiary/aromatic N) is 3. The highest BCUT2D eigenvalue weighted by Gasteiger charge is 2.37. The molecular formula is C23H26N4O5. The lowest BCUT2D eigenvalue weighted by Crippen LogP contribution is -2.37. The topological polar surface area (TPSA) is 108 Å². The van der Waals surface area contributed by atoms with E-state index in [2.05, 4.69) is 4.98 Å². The molecule has 1 aromatic heterocycles. The first-order valence-electron chi connectivity index (χ1n) is 10.4. The van der Waals surface area contributed by atoms with Crippen molar-refractivity contribution in [1.82, 2.24) is 19.4 Å². The molecule has 1 saturated heterocycles. The Balaban J connectivity index is 1.57. The number of likely N-dealkylation sites (N-methyl/N-ethyl adjacent to an activating group) is 1. The second-order valence-corrected chi connectivity index (χ2v) is 8.17. The minimum Gasteiger partial charge on any atom is -0.492 e. The van der Waals surface area contributed by atoms with Crippen LogP contribution in [0, 0.1) is 0 Å². The van der Waals surface area contributed by atoms with Crippen molar-refractivity contribution in [2.45, 2.75) is 12.1 Å². The Morgan fingerprint density at radius 3 is 2.72 bits per heavy atom. The summed E-state index contributed by atoms with van der Waals surface area (Å²) in [5.74, 6) is 0.336. The van der Waals surface area contributed by atoms with E-state index in [1.165, 1.54) is 9.47 Å². The standard InChI is InChI=1S/C23H26N4O5/c1-25(2)10-11-32-16-7-5-6-15(12-16)22(30)26-13-19(20(28)14-26)27-18-9-4-3-8-17(18)21(29)24-23(27)31/h3-9,12,19-20,28H,10-11,13-14H2,1-2H3,(H,24,29,31)/t19-,20-/m0/s1. The number of benzene rings is 2. The van der Waals surface area contributed by atoms with Gasteiger partial charge < -0.3 is 19.6 Å². The van der Waals surface area contributed by atoms with E-state index in [4.69, 9.17) is 4.74 Å². The second kappa shape index (κ2) is 8.97. The largest absolute Gasteiger partial charge is 0.492 e. The Kier molecular flexibility index (Phi) is 6.11. The van der Waals surface area contributed by atoms with Gasteiger partial charge in [-0.15, -0.1) is 0 Å². The molecule has 4 rings (SSSR count). The molecule has 3 aromatic rings. The van der Waals surface area contributed by atoms with E-state index in [1.54, 1.807) is 48.5 Å². The number of hydrogen-bond donors (Lipinski definition) is 2. The minimum absolute atomic E-state index is 0.0785. The summed E-state index contributed by atoms with van der Waals surface area (Å²) in [4.78, 5) is 43.7. The number of fused-ring (bicyclic) bond motifs is 1. The molecule has 0 spiro atoms. The summed E-state index contributed by atoms with van der Waals surface area (Å²) < 4.78 is 7.09. The normalized spacial score (nSPS) is 18.4. The summed E-state index contributed by atoms with van der Waals surface area (Å²) in [5, 5.41) is 11.1. The molecule has 0 radical (unpaired) electrons. The van der Waals surface area contributed by atoms with Gasteiger partial charge in [-0.3, -0.25) is 19.1 Å². The zero-order chi connectivity index (χ0) is 22.8. The third-order valence-electron chi connectivity index (χ3n) is 5.61. The summed E-state index contributed by atoms with van der Waals surface area (Å²) >= 11 is 0. The number of aliphatic hydroxyl groups excluding tert-OH is 1. The van der Waals surface area contributed by atoms with Gasteiger partial charge in [-0.1, -0.05) is 18.2 Å². The van der Waals surface area contributed by atoms with Crippen molar-refractivity contribution >= 4 is 16.8 Å². The molecule has 2 aromatic carbocycles. The predicted octanol–water partition coefficient (Wildman–Crippen LogP) is 0.688. The van der Waals surface area contributed by atoms with Crippen LogP contribution in [0.15, 0.2) is 58.1 Å². The lowest BCUT2D eigenvalue weighted by atomic mass is 10.1. The number of para-hydroxylation sites is 1. The third-order valence-corrected chi connectivity index (χ3v) is 5.61. The fraction of sp³-hybridized carbons (Fsp3) is 0.348. The number of aliphatic hydroxyl groups is 1. The number of likely N-dealkylation sites (tertiary alicyclic amines) is 1. The van der Waals surface area contributed by atoms with Gasteiger partial charge in [-0.05, 0) is 44.4 Å². The molecule has 0 saturated carbocycles. The molecular weight excluding hydrogens is 412 g/mol. The number of aromatic amines is 1. The summed E-state index contributed by atoms with van der Waals surface area (Å²) in [6.07, 6.45) is -0.953. The zero-order valence-corrected chi connectivity index (χ0v) is 18.0. The Morgan fingerprint density at radius 1 is 1.16 bits per heavy atom. The highest BCUT2D eigenvalue weighted by atomic mass is 16.5. The van der Waals surface area contributed by atoms with Gasteiger partial charge in [0, 0.05) is 25.2 Å². The van der Waals surface area contributed by atoms with Crippen LogP contribution in [0.25, 0.3) is 10.9 Å². The van der Waals surface area contributed by atoms with Gasteiger partial charge in [0.25, 0.3) is 11.5 Å². The number of rotatable bonds is 6. The van der Waals surface area contributed by atoms with Crippen molar-refractivity contribution in [2.24, 2.45) is 0 Å². The van der Waals surface area contributed by atoms with Gasteiger partial charge in [0.05, 0.1) is 23.0 Å². The van der Waals surface area contributed by atoms with E-state index in [9.17, 15) is 19.5 Å². The Hall–Kier alpha value is -3.43. The first kappa shape index (κ1) is 21.8. The zero-order valence-electron chi connectivity index (χ0n) is 18.0. The number of aromatic nitrogens is 2. The van der Waals surface area contributed by atoms with E-state index in [0.29, 0.717) is 28.8 Å². The number of amides is 1. The highest BCUT2D eigenvalue weighted by molar-refractivity contribution is 5.95. The van der Waals surface area contributed by atoms with Crippen molar-refractivity contribution in [3.63, 3.8) is 0 Å². The van der Waals surface area contributed by atoms with Gasteiger partial charge in [-0.25, -0.2) is 4.79 Å². The van der Waals surface area contributed by atoms with Crippen molar-refractivity contribution in [3.05, 3.63) is 74.9 Å². The lowest BCUT2D eigenvalue weighted by molar-refractivity contribution is 0.0764. The molecule has 1 aliphatic heterocycles. The van der Waals surface area contributed by atoms with Crippen LogP contribution in [-0.2, 0) is 0 Å². The molecule has 1 fully saturated rings. The third kappa shape index (κ3) is 4.30. The average Bonchev–Trinajstić information content (AvgIpc) is 3.14. The molecule has 0 aliphatic carbocycles. The first-order valence-corrected chi connectivity index (χ1v) is 10.4. The van der Waals surface area contributed by atoms with Crippen LogP contribution in [0.1, 0.15) is 16.4 Å². The number of β-amino-alcohol motifs (C(OH)–C–C–N with tert-alkyl or cyclic N) is 1. The SMILES string of the molecule is CN(C)CCOc1cccc(C(=O)N2C[C@H](O)[C@@H](n3c(=O)[nH]c(=O)c4ccccc43)C2)c1. The molecule has 2 heterocycles. The summed E-state index contributed by atoms with van der Waals surface area (Å²) in [6.45, 7) is 1.47. The first-order chi connectivity index (χ1) is 15.3. The molecule has 2 N–H and O–H groups in total. The Labute approximate surface area is 184 Å². The van der Waals surface area contributed by atoms with E-state index in [0.717, 1.165) is 6.54 Å². The summed E-state index contributed by atoms with van der Waals surface area (Å²) in [7, 11) is 3.91. The van der Waals surface area contributed by atoms with Crippen molar-refractivity contribution < 1.29 is 14.6 Å². The Morgan fingerprint density at radius 2 is 1.94 bits per heavy atom. The molecule has 9 heteroatoms. The number of nitrogens with one attached hydrogen (secondary N) is 1. The molecule has 168 valence electrons. The van der Waals surface area contributed by atoms with E-state index < -0.39 is 23.4 Å². The predicted molar refractivity (Wildman–Crippen MR) is 120 cm³/mol. The van der Waals surface area contributed by atoms with Crippen LogP contribution in [0.5, 0.6) is 5.75 Å². The number of carbonyl (C=O) groups is 1. The number of H-pyrrole nitrogens is 1. The fourth-order valence-corrected chi connectivity index (χ4v) is 3.98. The maximum Gasteiger partial charge on any atom is 0.329 e. The second-order valence-electron chi connectivity index (χ2n) is 8.17. The van der Waals surface area contributed by atoms with Crippen LogP contribution < -0.4 is 16.0 Å². The molecule has 2 atom stereocenters. The number of carbonyl (C=O) groups excluding carboxylic acids is 1. The molecule has 32 heavy (non-hydrogen) atoms. The van der Waals surface area contributed by atoms with Crippen molar-refractivity contribution in [2.75, 3.05) is 40.3 Å². The quantitative estimate of drug-likeness (QED) is 0.586. The lowest BCUT2D eigenvalue weighted by Gasteiger charge is -2.19. The average molecular weight is 438 g/mol. The molecule has 1 aliphatic rings. The molecule has 9 nitrogen and oxygen atoms in total. The van der Waals surface area contributed by atoms with Crippen LogP contribution in [0.4, 0.5) is 0 Å². The van der Waals surface area contributed by atoms with Crippen LogP contribution in [0.3, 0.4) is 0 Å². The van der Waals surface area contributed by atoms with Crippen molar-refractivity contribution in [1.29, 1.82) is 0 Å². The van der Waals surface area contributed by atoms with Crippen LogP contribution in [-0.4, -0.2) is 76.8 Å². The van der Waals surface area contributed by atoms with E-state index in [1.807, 2.05) is 19.0 Å². The van der Waals surface area contributed by atoms with Gasteiger partial charge in [0.2, 0.25) is 0 Å². The summed E-state index contributed by atoms with van der Waals surface area (Å²) in [6, 6.07) is 13.0. The Bertz CT molecular complexity index is 1250. The fourth-order valence-electron chi connectivity index (χ4n) is 3.98. The number of hydrogen-bond acceptors (Lipinski definition) is 6. The van der Waals surface area contributed by atoms with E-state index >= 15 is 0 Å². The van der Waals surface area contributed by atoms with Gasteiger partial charge >= 0.3 is 5.69 Å². The minimum atomic E-state index is -0.953. The highest BCUT2D eigenvalue weighted by Crippen LogP contribution is 2.26.